The molecule has 0 aromatic heterocycles. The van der Waals surface area contributed by atoms with E-state index in [0.29, 0.717) is 17.9 Å². The third-order valence-electron chi connectivity index (χ3n) is 6.14. The number of carbonyl (C=O) groups excluding carboxylic acids is 1. The van der Waals surface area contributed by atoms with Crippen molar-refractivity contribution in [3.63, 3.8) is 0 Å². The van der Waals surface area contributed by atoms with Crippen LogP contribution in [0, 0.1) is 23.7 Å². The largest absolute Gasteiger partial charge is 0.433 e. The Kier molecular flexibility index (Phi) is 3.64. The highest BCUT2D eigenvalue weighted by molar-refractivity contribution is 5.90. The molecule has 5 fully saturated rings. The van der Waals surface area contributed by atoms with Crippen LogP contribution < -0.4 is 5.32 Å². The van der Waals surface area contributed by atoms with E-state index in [4.69, 9.17) is 4.84 Å². The highest BCUT2D eigenvalue weighted by Crippen LogP contribution is 2.52. The number of hydrogen-bond acceptors (Lipinski definition) is 3. The van der Waals surface area contributed by atoms with Crippen molar-refractivity contribution in [1.29, 1.82) is 0 Å². The minimum atomic E-state index is -0.344. The van der Waals surface area contributed by atoms with Gasteiger partial charge in [-0.15, -0.1) is 0 Å². The molecular formula is C17H26N2O2. The molecule has 21 heavy (non-hydrogen) atoms. The van der Waals surface area contributed by atoms with Crippen molar-refractivity contribution in [2.24, 2.45) is 28.8 Å². The van der Waals surface area contributed by atoms with Gasteiger partial charge < -0.3 is 5.32 Å². The number of amides is 1. The molecule has 5 rings (SSSR count). The van der Waals surface area contributed by atoms with Crippen molar-refractivity contribution >= 4 is 11.8 Å². The number of carbonyl (C=O) groups is 1. The smallest absolute Gasteiger partial charge is 0.317 e. The molecule has 0 aromatic carbocycles. The van der Waals surface area contributed by atoms with Crippen LogP contribution in [0.1, 0.15) is 64.2 Å². The zero-order valence-corrected chi connectivity index (χ0v) is 12.7. The zero-order chi connectivity index (χ0) is 14.2. The number of oxime groups is 1. The Balaban J connectivity index is 1.33. The third kappa shape index (κ3) is 2.82. The van der Waals surface area contributed by atoms with Crippen LogP contribution >= 0.6 is 0 Å². The summed E-state index contributed by atoms with van der Waals surface area (Å²) in [4.78, 5) is 17.1. The maximum Gasteiger partial charge on any atom is 0.433 e. The van der Waals surface area contributed by atoms with Gasteiger partial charge in [0.25, 0.3) is 0 Å². The van der Waals surface area contributed by atoms with E-state index in [1.165, 1.54) is 57.1 Å². The Labute approximate surface area is 126 Å². The maximum atomic E-state index is 11.9. The molecule has 4 bridgehead atoms. The summed E-state index contributed by atoms with van der Waals surface area (Å²) in [6.45, 7) is 0. The standard InChI is InChI=1S/C17H26N2O2/c20-17(18-15-4-2-1-3-5-15)21-19-16-13-7-11-6-12(9-13)10-14(16)8-11/h11-15H,1-10H2,(H,18,20). The van der Waals surface area contributed by atoms with Crippen molar-refractivity contribution in [2.75, 3.05) is 0 Å². The second kappa shape index (κ2) is 5.62. The fourth-order valence-electron chi connectivity index (χ4n) is 5.35. The minimum Gasteiger partial charge on any atom is -0.317 e. The van der Waals surface area contributed by atoms with E-state index >= 15 is 0 Å². The normalized spacial score (nSPS) is 38.4. The molecule has 0 atom stereocenters. The molecule has 1 N–H and O–H groups in total. The van der Waals surface area contributed by atoms with Gasteiger partial charge in [0.1, 0.15) is 0 Å². The van der Waals surface area contributed by atoms with Gasteiger partial charge in [-0.3, -0.25) is 4.84 Å². The highest BCUT2D eigenvalue weighted by Gasteiger charge is 2.46. The van der Waals surface area contributed by atoms with Crippen LogP contribution in [-0.4, -0.2) is 17.8 Å². The van der Waals surface area contributed by atoms with Gasteiger partial charge in [-0.25, -0.2) is 4.79 Å². The van der Waals surface area contributed by atoms with E-state index < -0.39 is 0 Å². The van der Waals surface area contributed by atoms with Crippen molar-refractivity contribution in [1.82, 2.24) is 5.32 Å². The summed E-state index contributed by atoms with van der Waals surface area (Å²) in [5.74, 6) is 3.04. The molecule has 1 amide bonds. The molecule has 5 aliphatic carbocycles. The second-order valence-electron chi connectivity index (χ2n) is 7.68. The highest BCUT2D eigenvalue weighted by atomic mass is 16.7. The van der Waals surface area contributed by atoms with Crippen molar-refractivity contribution < 1.29 is 9.63 Å². The van der Waals surface area contributed by atoms with E-state index in [-0.39, 0.29) is 6.09 Å². The molecule has 0 spiro atoms. The summed E-state index contributed by atoms with van der Waals surface area (Å²) < 4.78 is 0. The molecule has 4 heteroatoms. The van der Waals surface area contributed by atoms with Crippen LogP contribution in [-0.2, 0) is 4.84 Å². The molecule has 5 saturated carbocycles. The van der Waals surface area contributed by atoms with E-state index in [9.17, 15) is 4.79 Å². The van der Waals surface area contributed by atoms with Crippen LogP contribution in [0.15, 0.2) is 5.16 Å². The maximum absolute atomic E-state index is 11.9. The Hall–Kier alpha value is -1.06. The third-order valence-corrected chi connectivity index (χ3v) is 6.14. The molecule has 0 radical (unpaired) electrons. The lowest BCUT2D eigenvalue weighted by molar-refractivity contribution is 0.0972. The average molecular weight is 290 g/mol. The molecular weight excluding hydrogens is 264 g/mol. The Bertz CT molecular complexity index is 410. The summed E-state index contributed by atoms with van der Waals surface area (Å²) in [6, 6.07) is 0.296. The molecule has 0 aromatic rings. The first kappa shape index (κ1) is 13.6. The van der Waals surface area contributed by atoms with Crippen LogP contribution in [0.2, 0.25) is 0 Å². The predicted molar refractivity (Wildman–Crippen MR) is 81.0 cm³/mol. The van der Waals surface area contributed by atoms with Gasteiger partial charge in [0.05, 0.1) is 5.71 Å². The van der Waals surface area contributed by atoms with Gasteiger partial charge in [-0.2, -0.15) is 0 Å². The fourth-order valence-corrected chi connectivity index (χ4v) is 5.35. The summed E-state index contributed by atoms with van der Waals surface area (Å²) >= 11 is 0. The lowest BCUT2D eigenvalue weighted by Crippen LogP contribution is -2.46. The topological polar surface area (TPSA) is 50.7 Å². The van der Waals surface area contributed by atoms with Crippen LogP contribution in [0.4, 0.5) is 4.79 Å². The first-order valence-electron chi connectivity index (χ1n) is 8.83. The van der Waals surface area contributed by atoms with Crippen molar-refractivity contribution in [3.8, 4) is 0 Å². The van der Waals surface area contributed by atoms with E-state index in [0.717, 1.165) is 24.7 Å². The Morgan fingerprint density at radius 1 is 0.952 bits per heavy atom. The number of nitrogens with one attached hydrogen (secondary N) is 1. The van der Waals surface area contributed by atoms with Crippen molar-refractivity contribution in [2.45, 2.75) is 70.3 Å². The Morgan fingerprint density at radius 3 is 2.19 bits per heavy atom. The first-order chi connectivity index (χ1) is 10.3. The van der Waals surface area contributed by atoms with Crippen LogP contribution in [0.5, 0.6) is 0 Å². The second-order valence-corrected chi connectivity index (χ2v) is 7.68. The summed E-state index contributed by atoms with van der Waals surface area (Å²) in [5.41, 5.74) is 1.20. The predicted octanol–water partition coefficient (Wildman–Crippen LogP) is 3.86. The lowest BCUT2D eigenvalue weighted by atomic mass is 9.55. The number of rotatable bonds is 2. The number of nitrogens with zero attached hydrogens (tertiary/aromatic N) is 1. The van der Waals surface area contributed by atoms with Gasteiger partial charge in [-0.1, -0.05) is 24.4 Å². The van der Waals surface area contributed by atoms with Crippen molar-refractivity contribution in [3.05, 3.63) is 0 Å². The fraction of sp³-hybridized carbons (Fsp3) is 0.882. The first-order valence-corrected chi connectivity index (χ1v) is 8.83. The van der Waals surface area contributed by atoms with Crippen LogP contribution in [0.3, 0.4) is 0 Å². The average Bonchev–Trinajstić information content (AvgIpc) is 2.47. The molecule has 0 aliphatic heterocycles. The van der Waals surface area contributed by atoms with Gasteiger partial charge in [0.2, 0.25) is 0 Å². The lowest BCUT2D eigenvalue weighted by Gasteiger charge is -2.49. The van der Waals surface area contributed by atoms with Gasteiger partial charge in [0.15, 0.2) is 0 Å². The Morgan fingerprint density at radius 2 is 1.57 bits per heavy atom. The molecule has 0 unspecified atom stereocenters. The van der Waals surface area contributed by atoms with Gasteiger partial charge >= 0.3 is 6.09 Å². The van der Waals surface area contributed by atoms with Crippen LogP contribution in [0.25, 0.3) is 0 Å². The monoisotopic (exact) mass is 290 g/mol. The summed E-state index contributed by atoms with van der Waals surface area (Å²) in [5, 5.41) is 7.27. The molecule has 0 heterocycles. The van der Waals surface area contributed by atoms with E-state index in [1.54, 1.807) is 0 Å². The van der Waals surface area contributed by atoms with E-state index in [2.05, 4.69) is 10.5 Å². The van der Waals surface area contributed by atoms with Gasteiger partial charge in [0, 0.05) is 17.9 Å². The molecule has 4 nitrogen and oxygen atoms in total. The summed E-state index contributed by atoms with van der Waals surface area (Å²) in [6.07, 6.45) is 12.1. The van der Waals surface area contributed by atoms with Gasteiger partial charge in [-0.05, 0) is 56.8 Å². The minimum absolute atomic E-state index is 0.296. The number of hydrogen-bond donors (Lipinski definition) is 1. The molecule has 0 saturated heterocycles. The SMILES string of the molecule is O=C(NC1CCCCC1)ON=C1C2CC3CC(C2)CC1C3. The summed E-state index contributed by atoms with van der Waals surface area (Å²) in [7, 11) is 0. The molecule has 116 valence electrons. The van der Waals surface area contributed by atoms with E-state index in [1.807, 2.05) is 0 Å². The quantitative estimate of drug-likeness (QED) is 0.620. The molecule has 5 aliphatic rings. The zero-order valence-electron chi connectivity index (χ0n) is 12.7.